The molecular formula is C14H29NO. The van der Waals surface area contributed by atoms with Gasteiger partial charge in [-0.2, -0.15) is 0 Å². The minimum atomic E-state index is 0.162. The van der Waals surface area contributed by atoms with Crippen molar-refractivity contribution < 1.29 is 4.84 Å². The van der Waals surface area contributed by atoms with E-state index in [2.05, 4.69) is 46.7 Å². The molecule has 16 heavy (non-hydrogen) atoms. The zero-order valence-electron chi connectivity index (χ0n) is 12.3. The Hall–Kier alpha value is -0.530. The number of hydrogen-bond donors (Lipinski definition) is 0. The highest BCUT2D eigenvalue weighted by Crippen LogP contribution is 2.26. The molecule has 0 unspecified atom stereocenters. The highest BCUT2D eigenvalue weighted by atomic mass is 16.6. The van der Waals surface area contributed by atoms with E-state index in [4.69, 9.17) is 4.84 Å². The second-order valence-electron chi connectivity index (χ2n) is 7.29. The van der Waals surface area contributed by atoms with Crippen LogP contribution >= 0.6 is 0 Å². The van der Waals surface area contributed by atoms with Crippen molar-refractivity contribution in [1.82, 2.24) is 0 Å². The van der Waals surface area contributed by atoms with Gasteiger partial charge in [-0.3, -0.25) is 0 Å². The summed E-state index contributed by atoms with van der Waals surface area (Å²) < 4.78 is 0. The fraction of sp³-hybridized carbons (Fsp3) is 0.929. The molecule has 0 bridgehead atoms. The quantitative estimate of drug-likeness (QED) is 0.506. The summed E-state index contributed by atoms with van der Waals surface area (Å²) in [6.45, 7) is 17.4. The Balaban J connectivity index is 4.58. The van der Waals surface area contributed by atoms with Gasteiger partial charge in [0.2, 0.25) is 0 Å². The Bertz CT molecular complexity index is 210. The second kappa shape index (κ2) is 5.70. The van der Waals surface area contributed by atoms with Gasteiger partial charge in [0, 0.05) is 0 Å². The van der Waals surface area contributed by atoms with Crippen molar-refractivity contribution in [3.63, 3.8) is 0 Å². The molecular weight excluding hydrogens is 198 g/mol. The first-order valence-corrected chi connectivity index (χ1v) is 6.21. The van der Waals surface area contributed by atoms with Crippen molar-refractivity contribution in [1.29, 1.82) is 0 Å². The van der Waals surface area contributed by atoms with Crippen LogP contribution in [0.15, 0.2) is 5.16 Å². The normalized spacial score (nSPS) is 12.8. The van der Waals surface area contributed by atoms with E-state index in [0.717, 1.165) is 12.8 Å². The van der Waals surface area contributed by atoms with Gasteiger partial charge >= 0.3 is 0 Å². The van der Waals surface area contributed by atoms with Gasteiger partial charge in [0.15, 0.2) is 0 Å². The van der Waals surface area contributed by atoms with Gasteiger partial charge in [-0.15, -0.1) is 0 Å². The van der Waals surface area contributed by atoms with Crippen LogP contribution in [-0.4, -0.2) is 11.8 Å². The summed E-state index contributed by atoms with van der Waals surface area (Å²) in [6, 6.07) is 0. The molecule has 0 aliphatic rings. The molecule has 0 saturated carbocycles. The third kappa shape index (κ3) is 10.0. The molecule has 2 heteroatoms. The summed E-state index contributed by atoms with van der Waals surface area (Å²) in [5.74, 6) is 0. The number of oxime groups is 1. The van der Waals surface area contributed by atoms with Gasteiger partial charge < -0.3 is 4.84 Å². The molecule has 0 heterocycles. The molecule has 0 atom stereocenters. The molecule has 0 fully saturated rings. The summed E-state index contributed by atoms with van der Waals surface area (Å²) in [4.78, 5) is 5.38. The first-order valence-electron chi connectivity index (χ1n) is 6.21. The molecule has 0 aromatic carbocycles. The molecule has 0 aromatic heterocycles. The van der Waals surface area contributed by atoms with Crippen LogP contribution in [0.4, 0.5) is 0 Å². The lowest BCUT2D eigenvalue weighted by Crippen LogP contribution is -2.20. The Morgan fingerprint density at radius 1 is 0.938 bits per heavy atom. The first kappa shape index (κ1) is 15.5. The molecule has 0 radical (unpaired) electrons. The smallest absolute Gasteiger partial charge is 0.122 e. The van der Waals surface area contributed by atoms with E-state index in [1.807, 2.05) is 13.8 Å². The maximum absolute atomic E-state index is 5.38. The van der Waals surface area contributed by atoms with Crippen LogP contribution in [0.2, 0.25) is 0 Å². The zero-order valence-corrected chi connectivity index (χ0v) is 12.3. The van der Waals surface area contributed by atoms with Crippen molar-refractivity contribution >= 4 is 5.71 Å². The predicted octanol–water partition coefficient (Wildman–Crippen LogP) is 4.64. The van der Waals surface area contributed by atoms with Crippen LogP contribution in [-0.2, 0) is 4.84 Å². The Morgan fingerprint density at radius 3 is 1.56 bits per heavy atom. The third-order valence-electron chi connectivity index (χ3n) is 1.86. The lowest BCUT2D eigenvalue weighted by atomic mass is 9.82. The third-order valence-corrected chi connectivity index (χ3v) is 1.86. The maximum atomic E-state index is 5.38. The molecule has 0 amide bonds. The maximum Gasteiger partial charge on any atom is 0.122 e. The van der Waals surface area contributed by atoms with Crippen LogP contribution < -0.4 is 0 Å². The average molecular weight is 227 g/mol. The molecule has 0 aliphatic heterocycles. The van der Waals surface area contributed by atoms with E-state index in [1.54, 1.807) is 0 Å². The van der Waals surface area contributed by atoms with Gasteiger partial charge in [0.1, 0.15) is 6.10 Å². The van der Waals surface area contributed by atoms with Crippen LogP contribution in [0.25, 0.3) is 0 Å². The van der Waals surface area contributed by atoms with Crippen molar-refractivity contribution in [2.75, 3.05) is 0 Å². The summed E-state index contributed by atoms with van der Waals surface area (Å²) in [5.41, 5.74) is 1.71. The van der Waals surface area contributed by atoms with Crippen molar-refractivity contribution in [2.45, 2.75) is 74.3 Å². The lowest BCUT2D eigenvalue weighted by molar-refractivity contribution is 0.0836. The monoisotopic (exact) mass is 227 g/mol. The molecule has 0 aromatic rings. The van der Waals surface area contributed by atoms with Crippen molar-refractivity contribution in [2.24, 2.45) is 16.0 Å². The highest BCUT2D eigenvalue weighted by Gasteiger charge is 2.20. The van der Waals surface area contributed by atoms with E-state index < -0.39 is 0 Å². The van der Waals surface area contributed by atoms with E-state index in [0.29, 0.717) is 0 Å². The predicted molar refractivity (Wildman–Crippen MR) is 71.8 cm³/mol. The minimum Gasteiger partial charge on any atom is -0.393 e. The zero-order chi connectivity index (χ0) is 13.0. The van der Waals surface area contributed by atoms with Crippen LogP contribution in [0.1, 0.15) is 68.2 Å². The fourth-order valence-electron chi connectivity index (χ4n) is 1.53. The summed E-state index contributed by atoms with van der Waals surface area (Å²) in [6.07, 6.45) is 2.16. The van der Waals surface area contributed by atoms with Crippen molar-refractivity contribution in [3.8, 4) is 0 Å². The van der Waals surface area contributed by atoms with E-state index in [9.17, 15) is 0 Å². The SMILES string of the molecule is CC(C)ON=C(CC(C)(C)C)CC(C)(C)C. The second-order valence-corrected chi connectivity index (χ2v) is 7.29. The summed E-state index contributed by atoms with van der Waals surface area (Å²) in [7, 11) is 0. The summed E-state index contributed by atoms with van der Waals surface area (Å²) in [5, 5.41) is 4.31. The average Bonchev–Trinajstić information content (AvgIpc) is 1.93. The Labute approximate surface area is 101 Å². The molecule has 0 aliphatic carbocycles. The molecule has 0 rings (SSSR count). The van der Waals surface area contributed by atoms with Gasteiger partial charge in [-0.1, -0.05) is 46.7 Å². The lowest BCUT2D eigenvalue weighted by Gasteiger charge is -2.24. The number of nitrogens with zero attached hydrogens (tertiary/aromatic N) is 1. The van der Waals surface area contributed by atoms with Gasteiger partial charge in [-0.25, -0.2) is 0 Å². The molecule has 0 N–H and O–H groups in total. The van der Waals surface area contributed by atoms with Crippen molar-refractivity contribution in [3.05, 3.63) is 0 Å². The number of hydrogen-bond acceptors (Lipinski definition) is 2. The molecule has 96 valence electrons. The Morgan fingerprint density at radius 2 is 1.31 bits per heavy atom. The largest absolute Gasteiger partial charge is 0.393 e. The molecule has 2 nitrogen and oxygen atoms in total. The van der Waals surface area contributed by atoms with Gasteiger partial charge in [0.25, 0.3) is 0 Å². The fourth-order valence-corrected chi connectivity index (χ4v) is 1.53. The standard InChI is InChI=1S/C14H29NO/c1-11(2)16-15-12(9-13(3,4)5)10-14(6,7)8/h11H,9-10H2,1-8H3. The number of rotatable bonds is 4. The highest BCUT2D eigenvalue weighted by molar-refractivity contribution is 5.85. The molecule has 0 saturated heterocycles. The Kier molecular flexibility index (Phi) is 5.51. The summed E-state index contributed by atoms with van der Waals surface area (Å²) >= 11 is 0. The topological polar surface area (TPSA) is 21.6 Å². The van der Waals surface area contributed by atoms with E-state index in [1.165, 1.54) is 5.71 Å². The van der Waals surface area contributed by atoms with E-state index >= 15 is 0 Å². The van der Waals surface area contributed by atoms with Gasteiger partial charge in [-0.05, 0) is 37.5 Å². The molecule has 0 spiro atoms. The minimum absolute atomic E-state index is 0.162. The van der Waals surface area contributed by atoms with E-state index in [-0.39, 0.29) is 16.9 Å². The van der Waals surface area contributed by atoms with Crippen LogP contribution in [0.3, 0.4) is 0 Å². The van der Waals surface area contributed by atoms with Gasteiger partial charge in [0.05, 0.1) is 5.71 Å². The first-order chi connectivity index (χ1) is 6.99. The van der Waals surface area contributed by atoms with Crippen LogP contribution in [0, 0.1) is 10.8 Å². The van der Waals surface area contributed by atoms with Crippen LogP contribution in [0.5, 0.6) is 0 Å².